The molecule has 1 fully saturated rings. The molecule has 2 aromatic carbocycles. The van der Waals surface area contributed by atoms with E-state index in [0.717, 1.165) is 18.5 Å². The Bertz CT molecular complexity index is 779. The van der Waals surface area contributed by atoms with Crippen LogP contribution in [0, 0.1) is 0 Å². The number of morpholine rings is 1. The monoisotopic (exact) mass is 357 g/mol. The number of ether oxygens (including phenoxy) is 2. The Morgan fingerprint density at radius 2 is 1.92 bits per heavy atom. The van der Waals surface area contributed by atoms with Crippen LogP contribution in [-0.2, 0) is 11.3 Å². The molecule has 2 unspecified atom stereocenters. The molecular weight excluding hydrogens is 336 g/mol. The van der Waals surface area contributed by atoms with Crippen molar-refractivity contribution in [1.29, 1.82) is 0 Å². The van der Waals surface area contributed by atoms with Gasteiger partial charge >= 0.3 is 6.61 Å². The molecule has 5 heteroatoms. The van der Waals surface area contributed by atoms with Crippen molar-refractivity contribution in [3.8, 4) is 5.75 Å². The number of hydrogen-bond acceptors (Lipinski definition) is 3. The van der Waals surface area contributed by atoms with Crippen molar-refractivity contribution in [3.63, 3.8) is 0 Å². The molecule has 0 saturated carbocycles. The average Bonchev–Trinajstić information content (AvgIpc) is 2.62. The number of fused-ring (bicyclic) bond motifs is 2. The number of alkyl halides is 2. The van der Waals surface area contributed by atoms with Crippen molar-refractivity contribution in [2.45, 2.75) is 31.7 Å². The topological polar surface area (TPSA) is 21.7 Å². The van der Waals surface area contributed by atoms with Crippen LogP contribution >= 0.6 is 0 Å². The van der Waals surface area contributed by atoms with Gasteiger partial charge in [-0.1, -0.05) is 48.5 Å². The fourth-order valence-corrected chi connectivity index (χ4v) is 3.79. The van der Waals surface area contributed by atoms with Crippen LogP contribution in [0.2, 0.25) is 0 Å². The Kier molecular flexibility index (Phi) is 5.00. The molecule has 2 bridgehead atoms. The highest BCUT2D eigenvalue weighted by Gasteiger charge is 2.34. The third kappa shape index (κ3) is 3.79. The van der Waals surface area contributed by atoms with Crippen LogP contribution in [0.15, 0.2) is 60.7 Å². The lowest BCUT2D eigenvalue weighted by molar-refractivity contribution is -0.0498. The van der Waals surface area contributed by atoms with Crippen molar-refractivity contribution < 1.29 is 18.3 Å². The second-order valence-corrected chi connectivity index (χ2v) is 6.72. The predicted octanol–water partition coefficient (Wildman–Crippen LogP) is 4.34. The number of benzene rings is 2. The zero-order valence-corrected chi connectivity index (χ0v) is 14.4. The van der Waals surface area contributed by atoms with Gasteiger partial charge < -0.3 is 9.47 Å². The van der Waals surface area contributed by atoms with E-state index in [1.54, 1.807) is 18.2 Å². The van der Waals surface area contributed by atoms with Gasteiger partial charge in [0, 0.05) is 12.6 Å². The maximum atomic E-state index is 12.5. The third-order valence-corrected chi connectivity index (χ3v) is 4.98. The highest BCUT2D eigenvalue weighted by molar-refractivity contribution is 5.69. The van der Waals surface area contributed by atoms with Gasteiger partial charge in [-0.15, -0.1) is 0 Å². The Morgan fingerprint density at radius 1 is 1.08 bits per heavy atom. The maximum absolute atomic E-state index is 12.5. The van der Waals surface area contributed by atoms with Crippen molar-refractivity contribution in [3.05, 3.63) is 71.8 Å². The second kappa shape index (κ2) is 7.56. The van der Waals surface area contributed by atoms with Gasteiger partial charge in [-0.3, -0.25) is 4.90 Å². The van der Waals surface area contributed by atoms with Crippen LogP contribution in [0.1, 0.15) is 17.5 Å². The van der Waals surface area contributed by atoms with Crippen molar-refractivity contribution in [2.75, 3.05) is 13.2 Å². The van der Waals surface area contributed by atoms with Crippen molar-refractivity contribution >= 4 is 5.57 Å². The number of halogens is 2. The van der Waals surface area contributed by atoms with Gasteiger partial charge in [0.2, 0.25) is 0 Å². The number of rotatable bonds is 5. The predicted molar refractivity (Wildman–Crippen MR) is 96.0 cm³/mol. The summed E-state index contributed by atoms with van der Waals surface area (Å²) in [6.07, 6.45) is 3.04. The molecule has 1 saturated heterocycles. The Balaban J connectivity index is 1.56. The molecule has 0 radical (unpaired) electrons. The summed E-state index contributed by atoms with van der Waals surface area (Å²) in [4.78, 5) is 2.47. The first-order valence-corrected chi connectivity index (χ1v) is 8.82. The first kappa shape index (κ1) is 17.2. The molecule has 4 rings (SSSR count). The standard InChI is InChI=1S/C21H21F2NO2/c22-21(23)26-20-8-4-7-16(11-20)17-9-18-13-25-14-19(10-17)24(18)12-15-5-2-1-3-6-15/h1-9,11,18-19,21H,10,12-14H2. The lowest BCUT2D eigenvalue weighted by atomic mass is 9.89. The van der Waals surface area contributed by atoms with E-state index in [0.29, 0.717) is 13.2 Å². The summed E-state index contributed by atoms with van der Waals surface area (Å²) in [6.45, 7) is -0.578. The first-order valence-electron chi connectivity index (χ1n) is 8.82. The smallest absolute Gasteiger partial charge is 0.387 e. The van der Waals surface area contributed by atoms with E-state index >= 15 is 0 Å². The Morgan fingerprint density at radius 3 is 2.69 bits per heavy atom. The lowest BCUT2D eigenvalue weighted by Crippen LogP contribution is -2.53. The van der Waals surface area contributed by atoms with Gasteiger partial charge in [0.05, 0.1) is 19.3 Å². The molecule has 0 spiro atoms. The summed E-state index contributed by atoms with van der Waals surface area (Å²) in [7, 11) is 0. The minimum absolute atomic E-state index is 0.192. The SMILES string of the molecule is FC(F)Oc1cccc(C2=CC3COCC(C2)N3Cc2ccccc2)c1. The molecule has 0 aromatic heterocycles. The van der Waals surface area contributed by atoms with Gasteiger partial charge in [0.25, 0.3) is 0 Å². The van der Waals surface area contributed by atoms with E-state index in [4.69, 9.17) is 4.74 Å². The summed E-state index contributed by atoms with van der Waals surface area (Å²) in [5.41, 5.74) is 3.40. The van der Waals surface area contributed by atoms with Gasteiger partial charge in [-0.05, 0) is 35.3 Å². The number of nitrogens with zero attached hydrogens (tertiary/aromatic N) is 1. The molecule has 2 aromatic rings. The zero-order valence-electron chi connectivity index (χ0n) is 14.4. The third-order valence-electron chi connectivity index (χ3n) is 4.98. The summed E-state index contributed by atoms with van der Waals surface area (Å²) in [5.74, 6) is 0.200. The quantitative estimate of drug-likeness (QED) is 0.794. The molecule has 26 heavy (non-hydrogen) atoms. The summed E-state index contributed by atoms with van der Waals surface area (Å²) < 4.78 is 35.3. The second-order valence-electron chi connectivity index (χ2n) is 6.72. The van der Waals surface area contributed by atoms with Crippen LogP contribution < -0.4 is 4.74 Å². The van der Waals surface area contributed by atoms with Crippen molar-refractivity contribution in [2.24, 2.45) is 0 Å². The summed E-state index contributed by atoms with van der Waals surface area (Å²) in [6, 6.07) is 17.9. The van der Waals surface area contributed by atoms with Crippen LogP contribution in [0.5, 0.6) is 5.75 Å². The largest absolute Gasteiger partial charge is 0.435 e. The van der Waals surface area contributed by atoms with Gasteiger partial charge in [0.1, 0.15) is 5.75 Å². The summed E-state index contributed by atoms with van der Waals surface area (Å²) >= 11 is 0. The number of hydrogen-bond donors (Lipinski definition) is 0. The minimum Gasteiger partial charge on any atom is -0.435 e. The van der Waals surface area contributed by atoms with E-state index < -0.39 is 6.61 Å². The van der Waals surface area contributed by atoms with Gasteiger partial charge in [-0.25, -0.2) is 0 Å². The molecule has 2 atom stereocenters. The van der Waals surface area contributed by atoms with Crippen LogP contribution in [0.25, 0.3) is 5.57 Å². The fourth-order valence-electron chi connectivity index (χ4n) is 3.79. The fraction of sp³-hybridized carbons (Fsp3) is 0.333. The molecule has 0 aliphatic carbocycles. The molecule has 2 aliphatic heterocycles. The maximum Gasteiger partial charge on any atom is 0.387 e. The van der Waals surface area contributed by atoms with E-state index in [-0.39, 0.29) is 17.8 Å². The lowest BCUT2D eigenvalue weighted by Gasteiger charge is -2.44. The van der Waals surface area contributed by atoms with E-state index in [1.807, 2.05) is 12.1 Å². The first-order chi connectivity index (χ1) is 12.7. The van der Waals surface area contributed by atoms with Crippen LogP contribution in [-0.4, -0.2) is 36.8 Å². The molecule has 2 heterocycles. The van der Waals surface area contributed by atoms with Crippen LogP contribution in [0.3, 0.4) is 0 Å². The van der Waals surface area contributed by atoms with Gasteiger partial charge in [-0.2, -0.15) is 8.78 Å². The molecule has 136 valence electrons. The minimum atomic E-state index is -2.81. The molecular formula is C21H21F2NO2. The Labute approximate surface area is 151 Å². The van der Waals surface area contributed by atoms with E-state index in [9.17, 15) is 8.78 Å². The van der Waals surface area contributed by atoms with E-state index in [1.165, 1.54) is 11.1 Å². The van der Waals surface area contributed by atoms with Crippen molar-refractivity contribution in [1.82, 2.24) is 4.90 Å². The zero-order chi connectivity index (χ0) is 17.9. The normalized spacial score (nSPS) is 23.0. The van der Waals surface area contributed by atoms with Crippen LogP contribution in [0.4, 0.5) is 8.78 Å². The molecule has 3 nitrogen and oxygen atoms in total. The molecule has 2 aliphatic rings. The van der Waals surface area contributed by atoms with E-state index in [2.05, 4.69) is 40.0 Å². The molecule has 0 N–H and O–H groups in total. The van der Waals surface area contributed by atoms with Gasteiger partial charge in [0.15, 0.2) is 0 Å². The Hall–Kier alpha value is -2.24. The highest BCUT2D eigenvalue weighted by atomic mass is 19.3. The highest BCUT2D eigenvalue weighted by Crippen LogP contribution is 2.34. The average molecular weight is 357 g/mol. The summed E-state index contributed by atoms with van der Waals surface area (Å²) in [5, 5.41) is 0. The molecule has 0 amide bonds.